The monoisotopic (exact) mass is 423 g/mol. The molecule has 3 amide bonds. The Labute approximate surface area is 182 Å². The summed E-state index contributed by atoms with van der Waals surface area (Å²) in [5.74, 6) is -0.0387. The fourth-order valence-corrected chi connectivity index (χ4v) is 3.66. The fraction of sp³-hybridized carbons (Fsp3) is 0.375. The molecule has 2 aromatic carbocycles. The van der Waals surface area contributed by atoms with E-state index >= 15 is 0 Å². The first kappa shape index (κ1) is 22.3. The molecule has 1 atom stereocenters. The van der Waals surface area contributed by atoms with E-state index in [2.05, 4.69) is 10.6 Å². The van der Waals surface area contributed by atoms with Crippen LogP contribution in [-0.4, -0.2) is 48.4 Å². The highest BCUT2D eigenvalue weighted by atomic mass is 16.5. The van der Waals surface area contributed by atoms with Gasteiger partial charge in [0, 0.05) is 26.1 Å². The molecule has 0 aromatic heterocycles. The Morgan fingerprint density at radius 3 is 2.55 bits per heavy atom. The lowest BCUT2D eigenvalue weighted by Gasteiger charge is -2.25. The van der Waals surface area contributed by atoms with Crippen LogP contribution < -0.4 is 15.4 Å². The minimum absolute atomic E-state index is 0.130. The SMILES string of the molecule is CCOc1ccccc1C(=O)N1CCCC1C(=O)NCCC(=O)NCc1ccccc1. The summed E-state index contributed by atoms with van der Waals surface area (Å²) in [6.07, 6.45) is 1.55. The van der Waals surface area contributed by atoms with E-state index < -0.39 is 6.04 Å². The smallest absolute Gasteiger partial charge is 0.258 e. The van der Waals surface area contributed by atoms with Crippen LogP contribution in [0.15, 0.2) is 54.6 Å². The highest BCUT2D eigenvalue weighted by Crippen LogP contribution is 2.25. The van der Waals surface area contributed by atoms with E-state index in [1.807, 2.05) is 43.3 Å². The molecular formula is C24H29N3O4. The van der Waals surface area contributed by atoms with Gasteiger partial charge in [0.1, 0.15) is 11.8 Å². The molecule has 1 fully saturated rings. The molecule has 1 unspecified atom stereocenters. The molecule has 0 bridgehead atoms. The first-order valence-electron chi connectivity index (χ1n) is 10.7. The minimum atomic E-state index is -0.533. The van der Waals surface area contributed by atoms with Gasteiger partial charge in [-0.05, 0) is 37.5 Å². The lowest BCUT2D eigenvalue weighted by atomic mass is 10.1. The molecule has 31 heavy (non-hydrogen) atoms. The van der Waals surface area contributed by atoms with Crippen molar-refractivity contribution in [3.8, 4) is 5.75 Å². The van der Waals surface area contributed by atoms with Crippen LogP contribution in [0.1, 0.15) is 42.1 Å². The van der Waals surface area contributed by atoms with E-state index in [-0.39, 0.29) is 30.7 Å². The molecule has 2 aromatic rings. The highest BCUT2D eigenvalue weighted by molar-refractivity contribution is 6.00. The van der Waals surface area contributed by atoms with Gasteiger partial charge in [-0.25, -0.2) is 0 Å². The van der Waals surface area contributed by atoms with Crippen LogP contribution in [0.4, 0.5) is 0 Å². The maximum Gasteiger partial charge on any atom is 0.258 e. The fourth-order valence-electron chi connectivity index (χ4n) is 3.66. The number of benzene rings is 2. The summed E-state index contributed by atoms with van der Waals surface area (Å²) in [5, 5.41) is 5.65. The molecule has 0 aliphatic carbocycles. The number of para-hydroxylation sites is 1. The van der Waals surface area contributed by atoms with Gasteiger partial charge in [-0.2, -0.15) is 0 Å². The average molecular weight is 424 g/mol. The summed E-state index contributed by atoms with van der Waals surface area (Å²) in [4.78, 5) is 39.4. The second-order valence-electron chi connectivity index (χ2n) is 7.39. The molecule has 7 heteroatoms. The average Bonchev–Trinajstić information content (AvgIpc) is 3.29. The van der Waals surface area contributed by atoms with Crippen LogP contribution in [0.25, 0.3) is 0 Å². The number of hydrogen-bond acceptors (Lipinski definition) is 4. The molecule has 164 valence electrons. The van der Waals surface area contributed by atoms with Crippen molar-refractivity contribution in [2.45, 2.75) is 38.8 Å². The summed E-state index contributed by atoms with van der Waals surface area (Å²) in [7, 11) is 0. The van der Waals surface area contributed by atoms with E-state index in [4.69, 9.17) is 4.74 Å². The summed E-state index contributed by atoms with van der Waals surface area (Å²) >= 11 is 0. The van der Waals surface area contributed by atoms with Gasteiger partial charge in [-0.15, -0.1) is 0 Å². The molecule has 0 radical (unpaired) electrons. The number of nitrogens with zero attached hydrogens (tertiary/aromatic N) is 1. The van der Waals surface area contributed by atoms with Crippen molar-refractivity contribution in [2.75, 3.05) is 19.7 Å². The van der Waals surface area contributed by atoms with Crippen molar-refractivity contribution in [3.63, 3.8) is 0 Å². The Hall–Kier alpha value is -3.35. The number of rotatable bonds is 9. The largest absolute Gasteiger partial charge is 0.493 e. The van der Waals surface area contributed by atoms with Crippen molar-refractivity contribution >= 4 is 17.7 Å². The van der Waals surface area contributed by atoms with Gasteiger partial charge in [-0.1, -0.05) is 42.5 Å². The number of hydrogen-bond donors (Lipinski definition) is 2. The van der Waals surface area contributed by atoms with Crippen molar-refractivity contribution in [3.05, 3.63) is 65.7 Å². The van der Waals surface area contributed by atoms with Gasteiger partial charge in [0.15, 0.2) is 0 Å². The Balaban J connectivity index is 1.49. The second-order valence-corrected chi connectivity index (χ2v) is 7.39. The third-order valence-electron chi connectivity index (χ3n) is 5.22. The van der Waals surface area contributed by atoms with Crippen LogP contribution in [-0.2, 0) is 16.1 Å². The Kier molecular flexibility index (Phi) is 8.04. The van der Waals surface area contributed by atoms with Gasteiger partial charge in [-0.3, -0.25) is 14.4 Å². The molecule has 0 spiro atoms. The molecule has 1 heterocycles. The third-order valence-corrected chi connectivity index (χ3v) is 5.22. The van der Waals surface area contributed by atoms with E-state index in [1.165, 1.54) is 0 Å². The summed E-state index contributed by atoms with van der Waals surface area (Å²) in [6.45, 7) is 3.53. The summed E-state index contributed by atoms with van der Waals surface area (Å²) in [6, 6.07) is 16.2. The van der Waals surface area contributed by atoms with Crippen molar-refractivity contribution in [2.24, 2.45) is 0 Å². The number of ether oxygens (including phenoxy) is 1. The topological polar surface area (TPSA) is 87.7 Å². The van der Waals surface area contributed by atoms with E-state index in [0.717, 1.165) is 12.0 Å². The maximum absolute atomic E-state index is 13.1. The predicted molar refractivity (Wildman–Crippen MR) is 118 cm³/mol. The zero-order valence-corrected chi connectivity index (χ0v) is 17.8. The molecule has 3 rings (SSSR count). The predicted octanol–water partition coefficient (Wildman–Crippen LogP) is 2.51. The molecule has 7 nitrogen and oxygen atoms in total. The van der Waals surface area contributed by atoms with E-state index in [9.17, 15) is 14.4 Å². The number of amides is 3. The van der Waals surface area contributed by atoms with Crippen molar-refractivity contribution < 1.29 is 19.1 Å². The quantitative estimate of drug-likeness (QED) is 0.649. The maximum atomic E-state index is 13.1. The van der Waals surface area contributed by atoms with Gasteiger partial charge < -0.3 is 20.3 Å². The van der Waals surface area contributed by atoms with Crippen LogP contribution >= 0.6 is 0 Å². The lowest BCUT2D eigenvalue weighted by Crippen LogP contribution is -2.46. The van der Waals surface area contributed by atoms with Crippen LogP contribution in [0.2, 0.25) is 0 Å². The van der Waals surface area contributed by atoms with Crippen LogP contribution in [0, 0.1) is 0 Å². The zero-order chi connectivity index (χ0) is 22.1. The van der Waals surface area contributed by atoms with Gasteiger partial charge >= 0.3 is 0 Å². The first-order chi connectivity index (χ1) is 15.1. The van der Waals surface area contributed by atoms with Gasteiger partial charge in [0.25, 0.3) is 5.91 Å². The molecule has 2 N–H and O–H groups in total. The summed E-state index contributed by atoms with van der Waals surface area (Å²) in [5.41, 5.74) is 1.48. The summed E-state index contributed by atoms with van der Waals surface area (Å²) < 4.78 is 5.57. The second kappa shape index (κ2) is 11.2. The van der Waals surface area contributed by atoms with Crippen LogP contribution in [0.3, 0.4) is 0 Å². The minimum Gasteiger partial charge on any atom is -0.493 e. The normalized spacial score (nSPS) is 15.4. The number of carbonyl (C=O) groups excluding carboxylic acids is 3. The zero-order valence-electron chi connectivity index (χ0n) is 17.8. The Morgan fingerprint density at radius 1 is 1.03 bits per heavy atom. The van der Waals surface area contributed by atoms with Crippen LogP contribution in [0.5, 0.6) is 5.75 Å². The standard InChI is InChI=1S/C24H29N3O4/c1-2-31-21-13-7-6-11-19(21)24(30)27-16-8-12-20(27)23(29)25-15-14-22(28)26-17-18-9-4-3-5-10-18/h3-7,9-11,13,20H,2,8,12,14-17H2,1H3,(H,25,29)(H,26,28). The molecule has 0 saturated carbocycles. The lowest BCUT2D eigenvalue weighted by molar-refractivity contribution is -0.125. The van der Waals surface area contributed by atoms with Gasteiger partial charge in [0.05, 0.1) is 12.2 Å². The number of carbonyl (C=O) groups is 3. The molecule has 1 aliphatic heterocycles. The van der Waals surface area contributed by atoms with E-state index in [0.29, 0.717) is 37.4 Å². The van der Waals surface area contributed by atoms with Gasteiger partial charge in [0.2, 0.25) is 11.8 Å². The van der Waals surface area contributed by atoms with Crippen molar-refractivity contribution in [1.82, 2.24) is 15.5 Å². The molecular weight excluding hydrogens is 394 g/mol. The Morgan fingerprint density at radius 2 is 1.77 bits per heavy atom. The first-order valence-corrected chi connectivity index (χ1v) is 10.7. The van der Waals surface area contributed by atoms with E-state index in [1.54, 1.807) is 23.1 Å². The third kappa shape index (κ3) is 6.07. The number of likely N-dealkylation sites (tertiary alicyclic amines) is 1. The molecule has 1 aliphatic rings. The molecule has 1 saturated heterocycles. The number of nitrogens with one attached hydrogen (secondary N) is 2. The highest BCUT2D eigenvalue weighted by Gasteiger charge is 2.35. The Bertz CT molecular complexity index is 901. The van der Waals surface area contributed by atoms with Crippen molar-refractivity contribution in [1.29, 1.82) is 0 Å².